The number of sulfonamides is 1. The van der Waals surface area contributed by atoms with Crippen LogP contribution in [0.3, 0.4) is 0 Å². The molecule has 0 amide bonds. The second kappa shape index (κ2) is 4.52. The van der Waals surface area contributed by atoms with Crippen LogP contribution in [0, 0.1) is 5.92 Å². The highest BCUT2D eigenvalue weighted by Crippen LogP contribution is 2.22. The molecule has 0 aromatic carbocycles. The van der Waals surface area contributed by atoms with E-state index in [1.165, 1.54) is 16.7 Å². The van der Waals surface area contributed by atoms with Crippen molar-refractivity contribution in [1.29, 1.82) is 0 Å². The predicted molar refractivity (Wildman–Crippen MR) is 59.1 cm³/mol. The number of nitrogens with two attached hydrogens (primary N) is 1. The summed E-state index contributed by atoms with van der Waals surface area (Å²) in [4.78, 5) is 0.227. The topological polar surface area (TPSA) is 92.1 Å². The molecule has 7 heteroatoms. The Hall–Kier alpha value is -0.920. The lowest BCUT2D eigenvalue weighted by molar-refractivity contribution is 0.271. The van der Waals surface area contributed by atoms with E-state index in [-0.39, 0.29) is 10.8 Å². The van der Waals surface area contributed by atoms with Gasteiger partial charge in [-0.3, -0.25) is 5.10 Å². The smallest absolute Gasteiger partial charge is 0.246 e. The minimum absolute atomic E-state index is 0.227. The van der Waals surface area contributed by atoms with Gasteiger partial charge >= 0.3 is 0 Å². The molecule has 1 aliphatic rings. The number of piperidine rings is 1. The number of nitrogens with one attached hydrogen (secondary N) is 1. The molecule has 6 nitrogen and oxygen atoms in total. The van der Waals surface area contributed by atoms with E-state index in [0.29, 0.717) is 19.6 Å². The highest BCUT2D eigenvalue weighted by atomic mass is 32.2. The Labute approximate surface area is 94.9 Å². The van der Waals surface area contributed by atoms with Crippen LogP contribution in [0.1, 0.15) is 12.8 Å². The van der Waals surface area contributed by atoms with Crippen LogP contribution in [0.4, 0.5) is 0 Å². The predicted octanol–water partition coefficient (Wildman–Crippen LogP) is -0.231. The zero-order valence-corrected chi connectivity index (χ0v) is 9.78. The van der Waals surface area contributed by atoms with Crippen molar-refractivity contribution in [2.24, 2.45) is 11.7 Å². The van der Waals surface area contributed by atoms with Gasteiger partial charge in [0.05, 0.1) is 6.20 Å². The molecule has 1 saturated heterocycles. The number of aromatic nitrogens is 2. The molecule has 0 radical (unpaired) electrons. The summed E-state index contributed by atoms with van der Waals surface area (Å²) in [6, 6.07) is 0. The first-order valence-electron chi connectivity index (χ1n) is 5.33. The van der Waals surface area contributed by atoms with Crippen molar-refractivity contribution in [3.63, 3.8) is 0 Å². The minimum Gasteiger partial charge on any atom is -0.330 e. The van der Waals surface area contributed by atoms with Crippen molar-refractivity contribution in [3.8, 4) is 0 Å². The first kappa shape index (κ1) is 11.6. The number of rotatable bonds is 3. The summed E-state index contributed by atoms with van der Waals surface area (Å²) in [6.07, 6.45) is 4.62. The van der Waals surface area contributed by atoms with E-state index in [1.807, 2.05) is 0 Å². The van der Waals surface area contributed by atoms with E-state index < -0.39 is 10.0 Å². The maximum atomic E-state index is 12.1. The van der Waals surface area contributed by atoms with E-state index in [0.717, 1.165) is 12.8 Å². The standard InChI is InChI=1S/C9H16N4O2S/c10-4-8-2-1-3-13(7-8)16(14,15)9-5-11-12-6-9/h5-6,8H,1-4,7,10H2,(H,11,12)/t8-/m1/s1. The normalized spacial score (nSPS) is 23.4. The minimum atomic E-state index is -3.38. The van der Waals surface area contributed by atoms with Crippen LogP contribution in [0.2, 0.25) is 0 Å². The lowest BCUT2D eigenvalue weighted by Crippen LogP contribution is -2.41. The van der Waals surface area contributed by atoms with Crippen LogP contribution >= 0.6 is 0 Å². The van der Waals surface area contributed by atoms with Crippen LogP contribution in [-0.2, 0) is 10.0 Å². The van der Waals surface area contributed by atoms with Crippen LogP contribution in [-0.4, -0.2) is 42.6 Å². The first-order valence-corrected chi connectivity index (χ1v) is 6.77. The van der Waals surface area contributed by atoms with Gasteiger partial charge in [-0.05, 0) is 25.3 Å². The molecular formula is C9H16N4O2S. The van der Waals surface area contributed by atoms with Gasteiger partial charge in [0.15, 0.2) is 0 Å². The zero-order chi connectivity index (χ0) is 11.6. The number of aromatic amines is 1. The van der Waals surface area contributed by atoms with Gasteiger partial charge in [-0.2, -0.15) is 9.40 Å². The Bertz CT molecular complexity index is 428. The van der Waals surface area contributed by atoms with Crippen molar-refractivity contribution in [2.75, 3.05) is 19.6 Å². The van der Waals surface area contributed by atoms with Crippen molar-refractivity contribution >= 4 is 10.0 Å². The van der Waals surface area contributed by atoms with Gasteiger partial charge in [-0.15, -0.1) is 0 Å². The molecule has 1 atom stereocenters. The maximum Gasteiger partial charge on any atom is 0.246 e. The molecule has 90 valence electrons. The van der Waals surface area contributed by atoms with Gasteiger partial charge in [-0.25, -0.2) is 8.42 Å². The maximum absolute atomic E-state index is 12.1. The Morgan fingerprint density at radius 1 is 1.62 bits per heavy atom. The van der Waals surface area contributed by atoms with E-state index >= 15 is 0 Å². The fourth-order valence-electron chi connectivity index (χ4n) is 1.97. The highest BCUT2D eigenvalue weighted by molar-refractivity contribution is 7.89. The Balaban J connectivity index is 2.18. The molecule has 0 saturated carbocycles. The van der Waals surface area contributed by atoms with Gasteiger partial charge in [-0.1, -0.05) is 0 Å². The second-order valence-electron chi connectivity index (χ2n) is 4.04. The number of nitrogens with zero attached hydrogens (tertiary/aromatic N) is 2. The lowest BCUT2D eigenvalue weighted by Gasteiger charge is -2.30. The van der Waals surface area contributed by atoms with Crippen molar-refractivity contribution in [2.45, 2.75) is 17.7 Å². The monoisotopic (exact) mass is 244 g/mol. The third-order valence-corrected chi connectivity index (χ3v) is 4.76. The molecular weight excluding hydrogens is 228 g/mol. The van der Waals surface area contributed by atoms with Crippen LogP contribution in [0.25, 0.3) is 0 Å². The molecule has 0 bridgehead atoms. The molecule has 0 spiro atoms. The molecule has 3 N–H and O–H groups in total. The molecule has 1 aromatic heterocycles. The fraction of sp³-hybridized carbons (Fsp3) is 0.667. The van der Waals surface area contributed by atoms with Gasteiger partial charge in [0.1, 0.15) is 4.90 Å². The average Bonchev–Trinajstić information content (AvgIpc) is 2.83. The largest absolute Gasteiger partial charge is 0.330 e. The first-order chi connectivity index (χ1) is 7.64. The summed E-state index contributed by atoms with van der Waals surface area (Å²) in [7, 11) is -3.38. The number of H-pyrrole nitrogens is 1. The van der Waals surface area contributed by atoms with Crippen molar-refractivity contribution in [3.05, 3.63) is 12.4 Å². The molecule has 0 aliphatic carbocycles. The average molecular weight is 244 g/mol. The van der Waals surface area contributed by atoms with E-state index in [9.17, 15) is 8.42 Å². The third kappa shape index (κ3) is 2.11. The Morgan fingerprint density at radius 3 is 3.06 bits per heavy atom. The van der Waals surface area contributed by atoms with E-state index in [4.69, 9.17) is 5.73 Å². The molecule has 2 heterocycles. The van der Waals surface area contributed by atoms with Gasteiger partial charge in [0.25, 0.3) is 0 Å². The van der Waals surface area contributed by atoms with E-state index in [2.05, 4.69) is 10.2 Å². The summed E-state index contributed by atoms with van der Waals surface area (Å²) >= 11 is 0. The molecule has 0 unspecified atom stereocenters. The summed E-state index contributed by atoms with van der Waals surface area (Å²) in [5, 5.41) is 6.19. The summed E-state index contributed by atoms with van der Waals surface area (Å²) in [5.74, 6) is 0.274. The molecule has 16 heavy (non-hydrogen) atoms. The van der Waals surface area contributed by atoms with Crippen LogP contribution in [0.5, 0.6) is 0 Å². The zero-order valence-electron chi connectivity index (χ0n) is 8.96. The SMILES string of the molecule is NC[C@H]1CCCN(S(=O)(=O)c2cn[nH]c2)C1. The highest BCUT2D eigenvalue weighted by Gasteiger charge is 2.30. The van der Waals surface area contributed by atoms with Crippen molar-refractivity contribution < 1.29 is 8.42 Å². The molecule has 2 rings (SSSR count). The number of hydrogen-bond acceptors (Lipinski definition) is 4. The second-order valence-corrected chi connectivity index (χ2v) is 5.98. The quantitative estimate of drug-likeness (QED) is 0.768. The lowest BCUT2D eigenvalue weighted by atomic mass is 10.0. The van der Waals surface area contributed by atoms with Gasteiger partial charge < -0.3 is 5.73 Å². The molecule has 1 aliphatic heterocycles. The summed E-state index contributed by atoms with van der Waals surface area (Å²) in [6.45, 7) is 1.63. The summed E-state index contributed by atoms with van der Waals surface area (Å²) in [5.41, 5.74) is 5.59. The fourth-order valence-corrected chi connectivity index (χ4v) is 3.43. The molecule has 1 fully saturated rings. The van der Waals surface area contributed by atoms with Crippen LogP contribution < -0.4 is 5.73 Å². The Kier molecular flexibility index (Phi) is 3.27. The summed E-state index contributed by atoms with van der Waals surface area (Å²) < 4.78 is 25.8. The van der Waals surface area contributed by atoms with Crippen molar-refractivity contribution in [1.82, 2.24) is 14.5 Å². The Morgan fingerprint density at radius 2 is 2.44 bits per heavy atom. The number of hydrogen-bond donors (Lipinski definition) is 2. The molecule has 1 aromatic rings. The van der Waals surface area contributed by atoms with Gasteiger partial charge in [0, 0.05) is 19.3 Å². The van der Waals surface area contributed by atoms with E-state index in [1.54, 1.807) is 0 Å². The third-order valence-electron chi connectivity index (χ3n) is 2.93. The van der Waals surface area contributed by atoms with Gasteiger partial charge in [0.2, 0.25) is 10.0 Å². The van der Waals surface area contributed by atoms with Crippen LogP contribution in [0.15, 0.2) is 17.3 Å².